The molecule has 0 aliphatic carbocycles. The Morgan fingerprint density at radius 1 is 0.797 bits per heavy atom. The predicted octanol–water partition coefficient (Wildman–Crippen LogP) is -2.71. The smallest absolute Gasteiger partial charge is 0.325 e. The third-order valence-electron chi connectivity index (χ3n) is 11.5. The Hall–Kier alpha value is -8.31. The van der Waals surface area contributed by atoms with Crippen LogP contribution >= 0.6 is 0 Å². The summed E-state index contributed by atoms with van der Waals surface area (Å²) in [6.45, 7) is 4.28. The second-order valence-corrected chi connectivity index (χ2v) is 16.4. The van der Waals surface area contributed by atoms with Crippen molar-refractivity contribution in [1.29, 1.82) is 0 Å². The number of nitrogens with two attached hydrogens (primary N) is 3. The van der Waals surface area contributed by atoms with E-state index in [1.54, 1.807) is 55.7 Å². The lowest BCUT2D eigenvalue weighted by Gasteiger charge is -2.28. The molecule has 2 aliphatic rings. The highest BCUT2D eigenvalue weighted by Gasteiger charge is 2.44. The average Bonchev–Trinajstić information content (AvgIpc) is 3.86. The van der Waals surface area contributed by atoms with E-state index in [1.807, 2.05) is 12.1 Å². The third-order valence-corrected chi connectivity index (χ3v) is 11.5. The molecule has 2 saturated heterocycles. The number of aromatic nitrogens is 1. The van der Waals surface area contributed by atoms with E-state index in [1.165, 1.54) is 13.1 Å². The molecule has 1 aromatic heterocycles. The van der Waals surface area contributed by atoms with Crippen molar-refractivity contribution in [1.82, 2.24) is 52.4 Å². The van der Waals surface area contributed by atoms with Gasteiger partial charge in [0.05, 0.1) is 0 Å². The molecule has 0 radical (unpaired) electrons. The molecule has 10 amide bonds. The van der Waals surface area contributed by atoms with Crippen LogP contribution in [0.5, 0.6) is 0 Å². The van der Waals surface area contributed by atoms with Gasteiger partial charge in [0, 0.05) is 74.8 Å². The number of urea groups is 1. The van der Waals surface area contributed by atoms with Crippen LogP contribution in [0.1, 0.15) is 50.2 Å². The molecule has 2 aliphatic heterocycles. The highest BCUT2D eigenvalue weighted by Crippen LogP contribution is 2.20. The lowest BCUT2D eigenvalue weighted by atomic mass is 10.0. The Morgan fingerprint density at radius 3 is 2.10 bits per heavy atom. The van der Waals surface area contributed by atoms with Crippen LogP contribution in [-0.2, 0) is 51.2 Å². The summed E-state index contributed by atoms with van der Waals surface area (Å²) in [7, 11) is 1.54. The van der Waals surface area contributed by atoms with E-state index >= 15 is 0 Å². The van der Waals surface area contributed by atoms with Gasteiger partial charge in [-0.1, -0.05) is 48.5 Å². The number of imide groups is 1. The van der Waals surface area contributed by atoms with Crippen molar-refractivity contribution >= 4 is 76.9 Å². The summed E-state index contributed by atoms with van der Waals surface area (Å²) in [6.07, 6.45) is 2.00. The van der Waals surface area contributed by atoms with E-state index in [0.29, 0.717) is 21.7 Å². The molecule has 2 fully saturated rings. The summed E-state index contributed by atoms with van der Waals surface area (Å²) in [5, 5.41) is 21.8. The monoisotopic (exact) mass is 953 g/mol. The lowest BCUT2D eigenvalue weighted by molar-refractivity contribution is -0.137. The largest absolute Gasteiger partial charge is 0.390 e. The Bertz CT molecular complexity index is 2470. The van der Waals surface area contributed by atoms with Gasteiger partial charge in [0.1, 0.15) is 42.3 Å². The fraction of sp³-hybridized carbons (Fsp3) is 0.400. The van der Waals surface area contributed by atoms with Crippen LogP contribution in [-0.4, -0.2) is 138 Å². The molecular formula is C45H59N15O9. The zero-order valence-corrected chi connectivity index (χ0v) is 38.2. The average molecular weight is 954 g/mol. The quantitative estimate of drug-likeness (QED) is 0.0360. The number of nitrogens with one attached hydrogen (secondary N) is 9. The summed E-state index contributed by atoms with van der Waals surface area (Å²) in [6, 6.07) is 5.06. The molecule has 2 aromatic carbocycles. The van der Waals surface area contributed by atoms with Crippen LogP contribution < -0.4 is 59.7 Å². The molecule has 2 bridgehead atoms. The lowest BCUT2D eigenvalue weighted by Crippen LogP contribution is -2.61. The SMILES string of the molecule is C=N/C=C(/C[C@@H]1NC(=O)[C@@H](C)N2C(=O)N[C@@H](CCC(=O)NC[C@@H](C(N)=O)NC(=O)[C@H](Cc3c[nH]c4ccccc34)NC(=O)[C@H](CCCN=C(N)N)NC(=O)[C@@H](Cc3ccccc3)NC1=O)C2=O)NC. The second kappa shape index (κ2) is 24.5. The number of carbonyl (C=O) groups is 9. The van der Waals surface area contributed by atoms with Gasteiger partial charge in [0.25, 0.3) is 5.91 Å². The summed E-state index contributed by atoms with van der Waals surface area (Å²) >= 11 is 0. The van der Waals surface area contributed by atoms with E-state index in [4.69, 9.17) is 17.2 Å². The fourth-order valence-corrected chi connectivity index (χ4v) is 7.73. The number of aromatic amines is 1. The molecule has 0 spiro atoms. The van der Waals surface area contributed by atoms with Gasteiger partial charge in [-0.3, -0.25) is 53.2 Å². The van der Waals surface area contributed by atoms with Crippen molar-refractivity contribution in [3.63, 3.8) is 0 Å². The molecule has 5 rings (SSSR count). The van der Waals surface area contributed by atoms with Gasteiger partial charge in [0.15, 0.2) is 5.96 Å². The highest BCUT2D eigenvalue weighted by atomic mass is 16.2. The zero-order chi connectivity index (χ0) is 50.2. The summed E-state index contributed by atoms with van der Waals surface area (Å²) < 4.78 is 0. The molecule has 15 N–H and O–H groups in total. The number of benzene rings is 2. The van der Waals surface area contributed by atoms with E-state index in [2.05, 4.69) is 64.2 Å². The number of para-hydroxylation sites is 1. The number of nitrogens with zero attached hydrogens (tertiary/aromatic N) is 3. The molecule has 0 unspecified atom stereocenters. The molecule has 7 atom stereocenters. The Labute approximate surface area is 396 Å². The van der Waals surface area contributed by atoms with Gasteiger partial charge in [-0.2, -0.15) is 0 Å². The molecule has 3 aromatic rings. The first-order valence-electron chi connectivity index (χ1n) is 22.2. The van der Waals surface area contributed by atoms with E-state index in [-0.39, 0.29) is 57.5 Å². The number of primary amides is 1. The van der Waals surface area contributed by atoms with Crippen LogP contribution in [0.3, 0.4) is 0 Å². The number of amides is 10. The highest BCUT2D eigenvalue weighted by molar-refractivity contribution is 6.08. The molecule has 0 saturated carbocycles. The van der Waals surface area contributed by atoms with Crippen LogP contribution in [0.2, 0.25) is 0 Å². The molecule has 69 heavy (non-hydrogen) atoms. The van der Waals surface area contributed by atoms with Gasteiger partial charge in [-0.05, 0) is 50.1 Å². The second-order valence-electron chi connectivity index (χ2n) is 16.4. The van der Waals surface area contributed by atoms with Crippen molar-refractivity contribution in [3.8, 4) is 0 Å². The number of carbonyl (C=O) groups excluding carboxylic acids is 9. The van der Waals surface area contributed by atoms with Crippen molar-refractivity contribution in [3.05, 3.63) is 83.8 Å². The van der Waals surface area contributed by atoms with Gasteiger partial charge >= 0.3 is 6.03 Å². The van der Waals surface area contributed by atoms with Gasteiger partial charge in [-0.25, -0.2) is 4.79 Å². The number of rotatable bonds is 13. The minimum absolute atomic E-state index is 0.0451. The maximum absolute atomic E-state index is 14.6. The number of guanidine groups is 1. The first kappa shape index (κ1) is 51.7. The molecular weight excluding hydrogens is 895 g/mol. The van der Waals surface area contributed by atoms with Gasteiger partial charge < -0.3 is 64.7 Å². The molecule has 24 heteroatoms. The van der Waals surface area contributed by atoms with Crippen molar-refractivity contribution < 1.29 is 43.2 Å². The molecule has 24 nitrogen and oxygen atoms in total. The van der Waals surface area contributed by atoms with Crippen LogP contribution in [0.15, 0.2) is 82.7 Å². The maximum Gasteiger partial charge on any atom is 0.325 e. The maximum atomic E-state index is 14.6. The Morgan fingerprint density at radius 2 is 1.42 bits per heavy atom. The molecule has 368 valence electrons. The fourth-order valence-electron chi connectivity index (χ4n) is 7.73. The Kier molecular flexibility index (Phi) is 18.3. The number of hydrogen-bond acceptors (Lipinski definition) is 12. The summed E-state index contributed by atoms with van der Waals surface area (Å²) in [4.78, 5) is 136. The van der Waals surface area contributed by atoms with E-state index < -0.39 is 102 Å². The zero-order valence-electron chi connectivity index (χ0n) is 38.2. The van der Waals surface area contributed by atoms with E-state index in [9.17, 15) is 43.2 Å². The minimum atomic E-state index is -1.49. The van der Waals surface area contributed by atoms with Crippen molar-refractivity contribution in [2.45, 2.75) is 94.2 Å². The van der Waals surface area contributed by atoms with Crippen LogP contribution in [0, 0.1) is 0 Å². The Balaban J connectivity index is 1.57. The van der Waals surface area contributed by atoms with Crippen LogP contribution in [0.25, 0.3) is 10.9 Å². The number of aliphatic imine (C=N–C) groups is 2. The van der Waals surface area contributed by atoms with Crippen molar-refractivity contribution in [2.75, 3.05) is 20.1 Å². The number of fused-ring (bicyclic) bond motifs is 3. The molecule has 3 heterocycles. The van der Waals surface area contributed by atoms with Crippen molar-refractivity contribution in [2.24, 2.45) is 27.2 Å². The van der Waals surface area contributed by atoms with E-state index in [0.717, 1.165) is 10.9 Å². The van der Waals surface area contributed by atoms with Gasteiger partial charge in [0.2, 0.25) is 41.4 Å². The summed E-state index contributed by atoms with van der Waals surface area (Å²) in [5.74, 6) is -7.09. The number of hydrogen-bond donors (Lipinski definition) is 12. The first-order valence-corrected chi connectivity index (χ1v) is 22.2. The number of H-pyrrole nitrogens is 1. The topological polar surface area (TPSA) is 372 Å². The standard InChI is InChI=1S/C45H59N15O9/c1-24-38(63)55-34(20-27(50-3)22-49-2)42(67)56-32(18-25-10-5-4-6-11-25)40(65)54-30(14-9-17-51-44(47)48)39(64)57-33(19-26-21-52-29-13-8-7-12-28(26)29)41(66)58-35(37(46)62)23-53-36(61)16-15-31-43(68)60(24)45(69)59-31/h4-8,10-13,21-22,24,30-35,50,52H,2,9,14-20,23H2,1,3H3,(H2,46,62)(H,53,61)(H,54,65)(H,55,63)(H,56,67)(H,57,64)(H,58,66)(H,59,69)(H4,47,48,51)/b27-22-/t24-,30+,31+,32-,33+,34+,35+/m1/s1. The first-order chi connectivity index (χ1) is 33.0. The van der Waals surface area contributed by atoms with Crippen LogP contribution in [0.4, 0.5) is 4.79 Å². The third kappa shape index (κ3) is 14.3. The normalized spacial score (nSPS) is 23.8. The minimum Gasteiger partial charge on any atom is -0.390 e. The predicted molar refractivity (Wildman–Crippen MR) is 253 cm³/mol. The van der Waals surface area contributed by atoms with Gasteiger partial charge in [-0.15, -0.1) is 0 Å². The summed E-state index contributed by atoms with van der Waals surface area (Å²) in [5.41, 5.74) is 19.0.